The van der Waals surface area contributed by atoms with Crippen molar-refractivity contribution < 1.29 is 22.3 Å². The lowest BCUT2D eigenvalue weighted by atomic mass is 9.81. The molecule has 3 aliphatic rings. The minimum absolute atomic E-state index is 0.386. The summed E-state index contributed by atoms with van der Waals surface area (Å²) in [5, 5.41) is -0.0551. The minimum Gasteiger partial charge on any atom is -0.272 e. The van der Waals surface area contributed by atoms with E-state index in [4.69, 9.17) is 4.28 Å². The number of nitrogens with zero attached hydrogens (tertiary/aromatic N) is 1. The molecule has 22 heavy (non-hydrogen) atoms. The molecule has 0 bridgehead atoms. The highest BCUT2D eigenvalue weighted by Gasteiger charge is 2.51. The quantitative estimate of drug-likeness (QED) is 0.740. The van der Waals surface area contributed by atoms with Gasteiger partial charge in [-0.1, -0.05) is 19.8 Å². The molecule has 2 atom stereocenters. The lowest BCUT2D eigenvalue weighted by Crippen LogP contribution is -2.38. The normalized spacial score (nSPS) is 36.5. The standard InChI is InChI=1S/C15H23NO5S/c1-10-6-8-11(9-7-10)22(19,20)21-16-14(17)12-4-2-3-5-13(12)15(16)18/h10-13H,2-9H2,1H3. The van der Waals surface area contributed by atoms with Crippen LogP contribution in [0.25, 0.3) is 0 Å². The van der Waals surface area contributed by atoms with Gasteiger partial charge in [-0.15, -0.1) is 9.35 Å². The van der Waals surface area contributed by atoms with Crippen molar-refractivity contribution in [2.45, 2.75) is 63.5 Å². The maximum absolute atomic E-state index is 12.4. The molecule has 1 aliphatic heterocycles. The van der Waals surface area contributed by atoms with Gasteiger partial charge in [0.15, 0.2) is 0 Å². The van der Waals surface area contributed by atoms with Gasteiger partial charge in [-0.3, -0.25) is 9.59 Å². The van der Waals surface area contributed by atoms with Gasteiger partial charge in [0.05, 0.1) is 17.1 Å². The predicted octanol–water partition coefficient (Wildman–Crippen LogP) is 2.00. The molecule has 0 aromatic rings. The van der Waals surface area contributed by atoms with Crippen molar-refractivity contribution in [3.8, 4) is 0 Å². The van der Waals surface area contributed by atoms with E-state index in [1.165, 1.54) is 0 Å². The Hall–Kier alpha value is -0.950. The van der Waals surface area contributed by atoms with E-state index in [0.717, 1.165) is 25.7 Å². The van der Waals surface area contributed by atoms with E-state index in [0.29, 0.717) is 36.7 Å². The summed E-state index contributed by atoms with van der Waals surface area (Å²) in [7, 11) is -3.91. The van der Waals surface area contributed by atoms with E-state index in [1.54, 1.807) is 0 Å². The summed E-state index contributed by atoms with van der Waals surface area (Å²) >= 11 is 0. The van der Waals surface area contributed by atoms with Gasteiger partial charge < -0.3 is 0 Å². The molecular weight excluding hydrogens is 306 g/mol. The maximum atomic E-state index is 12.4. The lowest BCUT2D eigenvalue weighted by molar-refractivity contribution is -0.165. The Morgan fingerprint density at radius 3 is 1.91 bits per heavy atom. The number of carbonyl (C=O) groups excluding carboxylic acids is 2. The Labute approximate surface area is 131 Å². The van der Waals surface area contributed by atoms with Gasteiger partial charge in [0.25, 0.3) is 21.9 Å². The van der Waals surface area contributed by atoms with Crippen LogP contribution in [0.5, 0.6) is 0 Å². The van der Waals surface area contributed by atoms with Crippen molar-refractivity contribution in [1.82, 2.24) is 5.06 Å². The summed E-state index contributed by atoms with van der Waals surface area (Å²) in [5.74, 6) is -1.19. The van der Waals surface area contributed by atoms with Gasteiger partial charge in [0, 0.05) is 0 Å². The van der Waals surface area contributed by atoms with E-state index in [1.807, 2.05) is 0 Å². The van der Waals surface area contributed by atoms with Crippen molar-refractivity contribution in [2.24, 2.45) is 17.8 Å². The van der Waals surface area contributed by atoms with E-state index in [-0.39, 0.29) is 11.8 Å². The number of imide groups is 1. The second-order valence-corrected chi connectivity index (χ2v) is 8.72. The summed E-state index contributed by atoms with van der Waals surface area (Å²) in [5.41, 5.74) is 0. The number of hydroxylamine groups is 2. The van der Waals surface area contributed by atoms with Gasteiger partial charge in [0.2, 0.25) is 0 Å². The number of carbonyl (C=O) groups is 2. The topological polar surface area (TPSA) is 80.8 Å². The molecule has 2 aliphatic carbocycles. The van der Waals surface area contributed by atoms with E-state index in [2.05, 4.69) is 6.92 Å². The summed E-state index contributed by atoms with van der Waals surface area (Å²) in [6, 6.07) is 0. The fraction of sp³-hybridized carbons (Fsp3) is 0.867. The second-order valence-electron chi connectivity index (χ2n) is 6.92. The SMILES string of the molecule is CC1CCC(S(=O)(=O)ON2C(=O)C3CCCCC3C2=O)CC1. The molecule has 0 spiro atoms. The Morgan fingerprint density at radius 2 is 1.41 bits per heavy atom. The van der Waals surface area contributed by atoms with Crippen LogP contribution in [0.4, 0.5) is 0 Å². The minimum atomic E-state index is -3.91. The average molecular weight is 329 g/mol. The van der Waals surface area contributed by atoms with Gasteiger partial charge in [-0.25, -0.2) is 0 Å². The molecule has 7 heteroatoms. The number of rotatable bonds is 3. The van der Waals surface area contributed by atoms with Gasteiger partial charge in [0.1, 0.15) is 0 Å². The fourth-order valence-corrected chi connectivity index (χ4v) is 5.21. The van der Waals surface area contributed by atoms with Crippen LogP contribution in [0, 0.1) is 17.8 Å². The van der Waals surface area contributed by atoms with Crippen molar-refractivity contribution >= 4 is 21.9 Å². The van der Waals surface area contributed by atoms with Crippen molar-refractivity contribution in [1.29, 1.82) is 0 Å². The Balaban J connectivity index is 1.72. The Bertz CT molecular complexity index is 540. The van der Waals surface area contributed by atoms with Crippen LogP contribution in [-0.4, -0.2) is 30.5 Å². The van der Waals surface area contributed by atoms with Crippen molar-refractivity contribution in [3.05, 3.63) is 0 Å². The van der Waals surface area contributed by atoms with Crippen LogP contribution in [0.3, 0.4) is 0 Å². The Kier molecular flexibility index (Phi) is 4.29. The molecule has 124 valence electrons. The third kappa shape index (κ3) is 2.80. The summed E-state index contributed by atoms with van der Waals surface area (Å²) in [4.78, 5) is 24.6. The molecule has 3 fully saturated rings. The molecule has 1 heterocycles. The zero-order valence-electron chi connectivity index (χ0n) is 12.9. The smallest absolute Gasteiger partial charge is 0.272 e. The summed E-state index contributed by atoms with van der Waals surface area (Å²) in [6.45, 7) is 2.10. The molecule has 0 radical (unpaired) electrons. The molecule has 1 saturated heterocycles. The lowest BCUT2D eigenvalue weighted by Gasteiger charge is -2.26. The summed E-state index contributed by atoms with van der Waals surface area (Å²) < 4.78 is 29.7. The van der Waals surface area contributed by atoms with Crippen LogP contribution in [0.15, 0.2) is 0 Å². The first-order valence-corrected chi connectivity index (χ1v) is 9.68. The van der Waals surface area contributed by atoms with E-state index in [9.17, 15) is 18.0 Å². The van der Waals surface area contributed by atoms with Crippen LogP contribution in [0.1, 0.15) is 58.3 Å². The first-order valence-electron chi connectivity index (χ1n) is 8.21. The molecule has 0 N–H and O–H groups in total. The summed E-state index contributed by atoms with van der Waals surface area (Å²) in [6.07, 6.45) is 5.84. The first-order chi connectivity index (χ1) is 10.4. The van der Waals surface area contributed by atoms with E-state index >= 15 is 0 Å². The predicted molar refractivity (Wildman–Crippen MR) is 78.7 cm³/mol. The zero-order valence-corrected chi connectivity index (χ0v) is 13.7. The van der Waals surface area contributed by atoms with Gasteiger partial charge >= 0.3 is 0 Å². The number of fused-ring (bicyclic) bond motifs is 1. The molecule has 2 amide bonds. The number of hydrogen-bond acceptors (Lipinski definition) is 5. The molecule has 3 rings (SSSR count). The molecule has 0 aromatic heterocycles. The van der Waals surface area contributed by atoms with Crippen molar-refractivity contribution in [2.75, 3.05) is 0 Å². The highest BCUT2D eigenvalue weighted by atomic mass is 32.2. The third-order valence-corrected chi connectivity index (χ3v) is 6.99. The molecule has 2 saturated carbocycles. The van der Waals surface area contributed by atoms with Gasteiger partial charge in [-0.05, 0) is 44.4 Å². The average Bonchev–Trinajstić information content (AvgIpc) is 2.73. The zero-order chi connectivity index (χ0) is 15.9. The van der Waals surface area contributed by atoms with Crippen molar-refractivity contribution in [3.63, 3.8) is 0 Å². The largest absolute Gasteiger partial charge is 0.291 e. The molecule has 2 unspecified atom stereocenters. The highest BCUT2D eigenvalue weighted by Crippen LogP contribution is 2.39. The van der Waals surface area contributed by atoms with Crippen LogP contribution in [0.2, 0.25) is 0 Å². The molecule has 0 aromatic carbocycles. The second kappa shape index (κ2) is 5.92. The van der Waals surface area contributed by atoms with E-state index < -0.39 is 27.2 Å². The monoisotopic (exact) mass is 329 g/mol. The third-order valence-electron chi connectivity index (χ3n) is 5.35. The Morgan fingerprint density at radius 1 is 0.909 bits per heavy atom. The van der Waals surface area contributed by atoms with Crippen LogP contribution >= 0.6 is 0 Å². The van der Waals surface area contributed by atoms with Crippen LogP contribution in [-0.2, 0) is 24.0 Å². The molecular formula is C15H23NO5S. The first kappa shape index (κ1) is 15.9. The maximum Gasteiger partial charge on any atom is 0.291 e. The van der Waals surface area contributed by atoms with Gasteiger partial charge in [-0.2, -0.15) is 8.42 Å². The highest BCUT2D eigenvalue weighted by molar-refractivity contribution is 7.87. The fourth-order valence-electron chi connectivity index (χ4n) is 3.89. The van der Waals surface area contributed by atoms with Crippen LogP contribution < -0.4 is 0 Å². The molecule has 6 nitrogen and oxygen atoms in total. The number of hydrogen-bond donors (Lipinski definition) is 0. The number of amides is 2.